The fourth-order valence-corrected chi connectivity index (χ4v) is 5.08. The number of aromatic nitrogens is 4. The third-order valence-electron chi connectivity index (χ3n) is 6.19. The molecule has 160 valence electrons. The van der Waals surface area contributed by atoms with Gasteiger partial charge < -0.3 is 9.47 Å². The van der Waals surface area contributed by atoms with Gasteiger partial charge in [0, 0.05) is 13.1 Å². The highest BCUT2D eigenvalue weighted by Crippen LogP contribution is 2.27. The monoisotopic (exact) mass is 433 g/mol. The molecular formula is C24H27N5OS. The molecule has 5 rings (SSSR count). The molecule has 0 atom stereocenters. The SMILES string of the molecule is Cc1ccc(Cn2c3ccccc3n3c(SCC(=O)N4CCC(C)CC4)nnc23)cc1. The van der Waals surface area contributed by atoms with Crippen molar-refractivity contribution in [2.24, 2.45) is 5.92 Å². The molecule has 31 heavy (non-hydrogen) atoms. The molecular weight excluding hydrogens is 406 g/mol. The van der Waals surface area contributed by atoms with Gasteiger partial charge in [0.25, 0.3) is 0 Å². The Morgan fingerprint density at radius 1 is 1.03 bits per heavy atom. The molecule has 1 saturated heterocycles. The molecule has 0 saturated carbocycles. The molecule has 0 aliphatic carbocycles. The molecule has 0 bridgehead atoms. The largest absolute Gasteiger partial charge is 0.342 e. The summed E-state index contributed by atoms with van der Waals surface area (Å²) in [6.45, 7) is 6.82. The van der Waals surface area contributed by atoms with E-state index < -0.39 is 0 Å². The van der Waals surface area contributed by atoms with Crippen LogP contribution >= 0.6 is 11.8 Å². The third-order valence-corrected chi connectivity index (χ3v) is 7.11. The lowest BCUT2D eigenvalue weighted by molar-refractivity contribution is -0.129. The van der Waals surface area contributed by atoms with Crippen LogP contribution in [-0.4, -0.2) is 48.8 Å². The molecule has 1 aliphatic rings. The van der Waals surface area contributed by atoms with Crippen LogP contribution in [0, 0.1) is 12.8 Å². The molecule has 0 unspecified atom stereocenters. The van der Waals surface area contributed by atoms with Crippen LogP contribution in [0.3, 0.4) is 0 Å². The van der Waals surface area contributed by atoms with Crippen molar-refractivity contribution in [2.45, 2.75) is 38.4 Å². The number of imidazole rings is 1. The van der Waals surface area contributed by atoms with E-state index in [4.69, 9.17) is 0 Å². The molecule has 0 spiro atoms. The summed E-state index contributed by atoms with van der Waals surface area (Å²) in [5.41, 5.74) is 4.66. The Morgan fingerprint density at radius 2 is 1.74 bits per heavy atom. The molecule has 3 heterocycles. The molecule has 0 N–H and O–H groups in total. The number of amides is 1. The van der Waals surface area contributed by atoms with E-state index in [9.17, 15) is 4.79 Å². The molecule has 2 aromatic heterocycles. The summed E-state index contributed by atoms with van der Waals surface area (Å²) in [6, 6.07) is 16.9. The van der Waals surface area contributed by atoms with Crippen LogP contribution in [0.4, 0.5) is 0 Å². The average Bonchev–Trinajstić information content (AvgIpc) is 3.33. The van der Waals surface area contributed by atoms with E-state index in [1.807, 2.05) is 11.0 Å². The van der Waals surface area contributed by atoms with E-state index in [0.717, 1.165) is 54.4 Å². The lowest BCUT2D eigenvalue weighted by atomic mass is 9.99. The van der Waals surface area contributed by atoms with E-state index >= 15 is 0 Å². The zero-order valence-electron chi connectivity index (χ0n) is 18.0. The number of carbonyl (C=O) groups excluding carboxylic acids is 1. The number of likely N-dealkylation sites (tertiary alicyclic amines) is 1. The maximum atomic E-state index is 12.7. The summed E-state index contributed by atoms with van der Waals surface area (Å²) in [5, 5.41) is 9.71. The number of hydrogen-bond acceptors (Lipinski definition) is 4. The first kappa shape index (κ1) is 20.1. The third kappa shape index (κ3) is 3.94. The van der Waals surface area contributed by atoms with Gasteiger partial charge in [-0.25, -0.2) is 0 Å². The van der Waals surface area contributed by atoms with Crippen molar-refractivity contribution in [3.63, 3.8) is 0 Å². The predicted octanol–water partition coefficient (Wildman–Crippen LogP) is 4.39. The number of fused-ring (bicyclic) bond motifs is 3. The summed E-state index contributed by atoms with van der Waals surface area (Å²) >= 11 is 1.48. The maximum absolute atomic E-state index is 12.7. The van der Waals surface area contributed by atoms with Gasteiger partial charge in [-0.1, -0.05) is 60.6 Å². The molecule has 2 aromatic carbocycles. The topological polar surface area (TPSA) is 55.4 Å². The van der Waals surface area contributed by atoms with E-state index in [1.54, 1.807) is 0 Å². The van der Waals surface area contributed by atoms with Gasteiger partial charge in [0.15, 0.2) is 5.16 Å². The second-order valence-electron chi connectivity index (χ2n) is 8.53. The summed E-state index contributed by atoms with van der Waals surface area (Å²) in [7, 11) is 0. The lowest BCUT2D eigenvalue weighted by Gasteiger charge is -2.30. The number of piperidine rings is 1. The zero-order valence-corrected chi connectivity index (χ0v) is 18.8. The Bertz CT molecular complexity index is 1220. The number of para-hydroxylation sites is 2. The Labute approximate surface area is 186 Å². The van der Waals surface area contributed by atoms with Crippen molar-refractivity contribution >= 4 is 34.5 Å². The van der Waals surface area contributed by atoms with Crippen LogP contribution in [0.5, 0.6) is 0 Å². The highest BCUT2D eigenvalue weighted by molar-refractivity contribution is 7.99. The highest BCUT2D eigenvalue weighted by Gasteiger charge is 2.22. The fraction of sp³-hybridized carbons (Fsp3) is 0.375. The first-order chi connectivity index (χ1) is 15.1. The van der Waals surface area contributed by atoms with Crippen molar-refractivity contribution < 1.29 is 4.79 Å². The molecule has 1 amide bonds. The van der Waals surface area contributed by atoms with Crippen LogP contribution in [0.15, 0.2) is 53.7 Å². The van der Waals surface area contributed by atoms with Crippen LogP contribution in [0.1, 0.15) is 30.9 Å². The minimum absolute atomic E-state index is 0.192. The van der Waals surface area contributed by atoms with E-state index in [2.05, 4.69) is 75.5 Å². The molecule has 6 nitrogen and oxygen atoms in total. The molecule has 7 heteroatoms. The Hall–Kier alpha value is -2.80. The summed E-state index contributed by atoms with van der Waals surface area (Å²) in [6.07, 6.45) is 2.19. The Kier molecular flexibility index (Phi) is 5.44. The van der Waals surface area contributed by atoms with Crippen molar-refractivity contribution in [1.29, 1.82) is 0 Å². The Balaban J connectivity index is 1.43. The molecule has 1 aliphatic heterocycles. The standard InChI is InChI=1S/C24H27N5OS/c1-17-7-9-19(10-8-17)15-28-20-5-3-4-6-21(20)29-23(28)25-26-24(29)31-16-22(30)27-13-11-18(2)12-14-27/h3-10,18H,11-16H2,1-2H3. The molecule has 1 fully saturated rings. The van der Waals surface area contributed by atoms with Gasteiger partial charge >= 0.3 is 0 Å². The van der Waals surface area contributed by atoms with Crippen molar-refractivity contribution in [2.75, 3.05) is 18.8 Å². The first-order valence-corrected chi connectivity index (χ1v) is 11.9. The van der Waals surface area contributed by atoms with Gasteiger partial charge in [-0.3, -0.25) is 9.20 Å². The first-order valence-electron chi connectivity index (χ1n) is 10.9. The van der Waals surface area contributed by atoms with Crippen LogP contribution in [0.2, 0.25) is 0 Å². The molecule has 0 radical (unpaired) electrons. The number of thioether (sulfide) groups is 1. The number of hydrogen-bond donors (Lipinski definition) is 0. The minimum Gasteiger partial charge on any atom is -0.342 e. The average molecular weight is 434 g/mol. The predicted molar refractivity (Wildman–Crippen MR) is 124 cm³/mol. The van der Waals surface area contributed by atoms with Gasteiger partial charge in [-0.2, -0.15) is 0 Å². The minimum atomic E-state index is 0.192. The van der Waals surface area contributed by atoms with Crippen LogP contribution in [-0.2, 0) is 11.3 Å². The second kappa shape index (κ2) is 8.38. The number of benzene rings is 2. The molecule has 4 aromatic rings. The van der Waals surface area contributed by atoms with Crippen molar-refractivity contribution in [3.05, 3.63) is 59.7 Å². The zero-order chi connectivity index (χ0) is 21.4. The van der Waals surface area contributed by atoms with Gasteiger partial charge in [-0.15, -0.1) is 10.2 Å². The number of aryl methyl sites for hydroxylation is 1. The van der Waals surface area contributed by atoms with Crippen molar-refractivity contribution in [1.82, 2.24) is 24.1 Å². The maximum Gasteiger partial charge on any atom is 0.237 e. The van der Waals surface area contributed by atoms with Crippen LogP contribution < -0.4 is 0 Å². The highest BCUT2D eigenvalue weighted by atomic mass is 32.2. The lowest BCUT2D eigenvalue weighted by Crippen LogP contribution is -2.38. The summed E-state index contributed by atoms with van der Waals surface area (Å²) in [4.78, 5) is 14.7. The number of rotatable bonds is 5. The summed E-state index contributed by atoms with van der Waals surface area (Å²) in [5.74, 6) is 2.11. The van der Waals surface area contributed by atoms with Gasteiger partial charge in [0.1, 0.15) is 0 Å². The van der Waals surface area contributed by atoms with E-state index in [-0.39, 0.29) is 5.91 Å². The number of carbonyl (C=O) groups is 1. The van der Waals surface area contributed by atoms with E-state index in [0.29, 0.717) is 11.7 Å². The van der Waals surface area contributed by atoms with Gasteiger partial charge in [0.05, 0.1) is 23.3 Å². The van der Waals surface area contributed by atoms with E-state index in [1.165, 1.54) is 22.9 Å². The smallest absolute Gasteiger partial charge is 0.237 e. The van der Waals surface area contributed by atoms with Crippen LogP contribution in [0.25, 0.3) is 16.8 Å². The Morgan fingerprint density at radius 3 is 2.48 bits per heavy atom. The van der Waals surface area contributed by atoms with Gasteiger partial charge in [-0.05, 0) is 43.4 Å². The van der Waals surface area contributed by atoms with Crippen molar-refractivity contribution in [3.8, 4) is 0 Å². The second-order valence-corrected chi connectivity index (χ2v) is 9.47. The quantitative estimate of drug-likeness (QED) is 0.438. The van der Waals surface area contributed by atoms with Gasteiger partial charge in [0.2, 0.25) is 11.7 Å². The number of nitrogens with zero attached hydrogens (tertiary/aromatic N) is 5. The summed E-state index contributed by atoms with van der Waals surface area (Å²) < 4.78 is 4.28. The fourth-order valence-electron chi connectivity index (χ4n) is 4.24. The normalized spacial score (nSPS) is 15.2.